The third kappa shape index (κ3) is 2.53. The molecule has 18 heavy (non-hydrogen) atoms. The molecule has 0 spiro atoms. The monoisotopic (exact) mass is 249 g/mol. The number of nitrogen functional groups attached to an aromatic ring is 1. The number of hydrogen-bond donors (Lipinski definition) is 4. The van der Waals surface area contributed by atoms with Gasteiger partial charge in [-0.05, 0) is 18.6 Å². The number of carbonyl (C=O) groups is 2. The highest BCUT2D eigenvalue weighted by Gasteiger charge is 2.21. The van der Waals surface area contributed by atoms with Crippen LogP contribution in [0.2, 0.25) is 0 Å². The molecule has 2 amide bonds. The van der Waals surface area contributed by atoms with E-state index in [9.17, 15) is 14.7 Å². The first-order chi connectivity index (χ1) is 8.58. The summed E-state index contributed by atoms with van der Waals surface area (Å²) in [7, 11) is 0. The Morgan fingerprint density at radius 1 is 1.50 bits per heavy atom. The maximum Gasteiger partial charge on any atom is 0.255 e. The molecule has 5 N–H and O–H groups in total. The van der Waals surface area contributed by atoms with Crippen molar-refractivity contribution in [3.63, 3.8) is 0 Å². The topological polar surface area (TPSA) is 104 Å². The Morgan fingerprint density at radius 3 is 2.94 bits per heavy atom. The first kappa shape index (κ1) is 12.2. The maximum absolute atomic E-state index is 11.9. The number of aromatic hydroxyl groups is 1. The predicted octanol–water partition coefficient (Wildman–Crippen LogP) is -0.0172. The van der Waals surface area contributed by atoms with Crippen LogP contribution in [0.15, 0.2) is 18.2 Å². The lowest BCUT2D eigenvalue weighted by molar-refractivity contribution is -0.122. The van der Waals surface area contributed by atoms with Gasteiger partial charge in [0.1, 0.15) is 0 Å². The van der Waals surface area contributed by atoms with Gasteiger partial charge in [-0.3, -0.25) is 9.59 Å². The minimum Gasteiger partial charge on any atom is -0.505 e. The van der Waals surface area contributed by atoms with E-state index in [1.54, 1.807) is 6.07 Å². The fourth-order valence-electron chi connectivity index (χ4n) is 1.86. The van der Waals surface area contributed by atoms with Gasteiger partial charge in [0, 0.05) is 19.0 Å². The summed E-state index contributed by atoms with van der Waals surface area (Å²) in [6.07, 6.45) is 0.995. The van der Waals surface area contributed by atoms with Crippen LogP contribution in [0.5, 0.6) is 5.75 Å². The molecule has 1 aliphatic heterocycles. The van der Waals surface area contributed by atoms with Crippen molar-refractivity contribution in [1.82, 2.24) is 10.6 Å². The summed E-state index contributed by atoms with van der Waals surface area (Å²) in [4.78, 5) is 22.9. The number of rotatable bonds is 2. The summed E-state index contributed by atoms with van der Waals surface area (Å²) in [5, 5.41) is 15.1. The quantitative estimate of drug-likeness (QED) is 0.437. The van der Waals surface area contributed by atoms with Crippen LogP contribution in [0.3, 0.4) is 0 Å². The van der Waals surface area contributed by atoms with Gasteiger partial charge < -0.3 is 21.5 Å². The highest BCUT2D eigenvalue weighted by Crippen LogP contribution is 2.24. The minimum atomic E-state index is -0.388. The number of amides is 2. The molecule has 1 heterocycles. The highest BCUT2D eigenvalue weighted by atomic mass is 16.3. The molecule has 0 bridgehead atoms. The standard InChI is InChI=1S/C12H15N3O3/c13-9-3-1-2-8(11(9)17)12(18)15-7-4-5-10(16)14-6-7/h1-3,7,17H,4-6,13H2,(H,14,16)(H,15,18). The predicted molar refractivity (Wildman–Crippen MR) is 66.0 cm³/mol. The van der Waals surface area contributed by atoms with E-state index in [0.717, 1.165) is 0 Å². The van der Waals surface area contributed by atoms with Crippen molar-refractivity contribution in [2.45, 2.75) is 18.9 Å². The molecule has 0 saturated carbocycles. The van der Waals surface area contributed by atoms with Crippen molar-refractivity contribution in [3.05, 3.63) is 23.8 Å². The van der Waals surface area contributed by atoms with Gasteiger partial charge in [-0.1, -0.05) is 6.07 Å². The molecule has 0 aromatic heterocycles. The van der Waals surface area contributed by atoms with Crippen LogP contribution < -0.4 is 16.4 Å². The van der Waals surface area contributed by atoms with Crippen molar-refractivity contribution in [2.24, 2.45) is 0 Å². The minimum absolute atomic E-state index is 0.00713. The summed E-state index contributed by atoms with van der Waals surface area (Å²) < 4.78 is 0. The van der Waals surface area contributed by atoms with Crippen LogP contribution in [0.25, 0.3) is 0 Å². The Kier molecular flexibility index (Phi) is 3.36. The lowest BCUT2D eigenvalue weighted by atomic mass is 10.1. The van der Waals surface area contributed by atoms with Crippen LogP contribution >= 0.6 is 0 Å². The molecule has 6 nitrogen and oxygen atoms in total. The van der Waals surface area contributed by atoms with Gasteiger partial charge >= 0.3 is 0 Å². The molecule has 1 aromatic carbocycles. The maximum atomic E-state index is 11.9. The van der Waals surface area contributed by atoms with E-state index in [-0.39, 0.29) is 34.9 Å². The van der Waals surface area contributed by atoms with E-state index in [1.165, 1.54) is 12.1 Å². The van der Waals surface area contributed by atoms with E-state index in [0.29, 0.717) is 19.4 Å². The molecule has 1 fully saturated rings. The van der Waals surface area contributed by atoms with E-state index in [2.05, 4.69) is 10.6 Å². The molecule has 0 aliphatic carbocycles. The number of anilines is 1. The van der Waals surface area contributed by atoms with Gasteiger partial charge in [-0.15, -0.1) is 0 Å². The molecule has 1 atom stereocenters. The Labute approximate surface area is 104 Å². The molecule has 1 aliphatic rings. The number of piperidine rings is 1. The zero-order chi connectivity index (χ0) is 13.1. The fraction of sp³-hybridized carbons (Fsp3) is 0.333. The molecular formula is C12H15N3O3. The number of nitrogens with two attached hydrogens (primary N) is 1. The molecule has 0 radical (unpaired) electrons. The van der Waals surface area contributed by atoms with Crippen LogP contribution in [0.1, 0.15) is 23.2 Å². The summed E-state index contributed by atoms with van der Waals surface area (Å²) in [5.74, 6) is -0.608. The molecule has 2 rings (SSSR count). The summed E-state index contributed by atoms with van der Waals surface area (Å²) in [6, 6.07) is 4.51. The third-order valence-electron chi connectivity index (χ3n) is 2.91. The smallest absolute Gasteiger partial charge is 0.255 e. The van der Waals surface area contributed by atoms with E-state index in [1.807, 2.05) is 0 Å². The average molecular weight is 249 g/mol. The van der Waals surface area contributed by atoms with Crippen molar-refractivity contribution in [2.75, 3.05) is 12.3 Å². The van der Waals surface area contributed by atoms with Crippen LogP contribution in [-0.2, 0) is 4.79 Å². The van der Waals surface area contributed by atoms with E-state index < -0.39 is 0 Å². The van der Waals surface area contributed by atoms with Crippen molar-refractivity contribution >= 4 is 17.5 Å². The number of para-hydroxylation sites is 1. The fourth-order valence-corrected chi connectivity index (χ4v) is 1.86. The number of nitrogens with one attached hydrogen (secondary N) is 2. The third-order valence-corrected chi connectivity index (χ3v) is 2.91. The summed E-state index contributed by atoms with van der Waals surface area (Å²) in [5.41, 5.74) is 5.83. The molecule has 96 valence electrons. The number of phenolic OH excluding ortho intramolecular Hbond substituents is 1. The Balaban J connectivity index is 2.03. The Hall–Kier alpha value is -2.24. The summed E-state index contributed by atoms with van der Waals surface area (Å²) >= 11 is 0. The van der Waals surface area contributed by atoms with Crippen molar-refractivity contribution in [3.8, 4) is 5.75 Å². The Morgan fingerprint density at radius 2 is 2.28 bits per heavy atom. The van der Waals surface area contributed by atoms with Crippen LogP contribution in [0.4, 0.5) is 5.69 Å². The Bertz CT molecular complexity index is 477. The van der Waals surface area contributed by atoms with Gasteiger partial charge in [0.05, 0.1) is 11.3 Å². The lowest BCUT2D eigenvalue weighted by Gasteiger charge is -2.23. The molecular weight excluding hydrogens is 234 g/mol. The van der Waals surface area contributed by atoms with Crippen LogP contribution in [0, 0.1) is 0 Å². The zero-order valence-corrected chi connectivity index (χ0v) is 9.77. The molecule has 1 saturated heterocycles. The first-order valence-corrected chi connectivity index (χ1v) is 5.73. The molecule has 1 unspecified atom stereocenters. The van der Waals surface area contributed by atoms with Gasteiger partial charge in [0.15, 0.2) is 5.75 Å². The molecule has 6 heteroatoms. The van der Waals surface area contributed by atoms with Crippen molar-refractivity contribution < 1.29 is 14.7 Å². The van der Waals surface area contributed by atoms with Crippen molar-refractivity contribution in [1.29, 1.82) is 0 Å². The number of carbonyl (C=O) groups excluding carboxylic acids is 2. The SMILES string of the molecule is Nc1cccc(C(=O)NC2CCC(=O)NC2)c1O. The second kappa shape index (κ2) is 4.95. The van der Waals surface area contributed by atoms with Crippen LogP contribution in [-0.4, -0.2) is 29.5 Å². The first-order valence-electron chi connectivity index (χ1n) is 5.73. The molecule has 1 aromatic rings. The second-order valence-corrected chi connectivity index (χ2v) is 4.26. The number of hydrogen-bond acceptors (Lipinski definition) is 4. The lowest BCUT2D eigenvalue weighted by Crippen LogP contribution is -2.47. The highest BCUT2D eigenvalue weighted by molar-refractivity contribution is 5.98. The summed E-state index contributed by atoms with van der Waals surface area (Å²) in [6.45, 7) is 0.410. The largest absolute Gasteiger partial charge is 0.505 e. The normalized spacial score (nSPS) is 19.1. The van der Waals surface area contributed by atoms with Gasteiger partial charge in [0.25, 0.3) is 5.91 Å². The van der Waals surface area contributed by atoms with E-state index >= 15 is 0 Å². The zero-order valence-electron chi connectivity index (χ0n) is 9.77. The van der Waals surface area contributed by atoms with E-state index in [4.69, 9.17) is 5.73 Å². The van der Waals surface area contributed by atoms with Gasteiger partial charge in [0.2, 0.25) is 5.91 Å². The second-order valence-electron chi connectivity index (χ2n) is 4.26. The number of benzene rings is 1. The van der Waals surface area contributed by atoms with Gasteiger partial charge in [-0.2, -0.15) is 0 Å². The number of phenols is 1. The van der Waals surface area contributed by atoms with Gasteiger partial charge in [-0.25, -0.2) is 0 Å². The average Bonchev–Trinajstić information content (AvgIpc) is 2.35.